The van der Waals surface area contributed by atoms with Crippen molar-refractivity contribution in [3.05, 3.63) is 47.5 Å². The van der Waals surface area contributed by atoms with Crippen LogP contribution >= 0.6 is 15.9 Å². The van der Waals surface area contributed by atoms with E-state index < -0.39 is 0 Å². The van der Waals surface area contributed by atoms with E-state index in [1.165, 1.54) is 0 Å². The third kappa shape index (κ3) is 1.97. The van der Waals surface area contributed by atoms with E-state index in [1.54, 1.807) is 13.3 Å². The lowest BCUT2D eigenvalue weighted by Crippen LogP contribution is -1.84. The maximum absolute atomic E-state index is 5.22. The summed E-state index contributed by atoms with van der Waals surface area (Å²) in [6, 6.07) is 7.83. The molecule has 0 aliphatic heterocycles. The Morgan fingerprint density at radius 1 is 1.28 bits per heavy atom. The zero-order valence-electron chi connectivity index (χ0n) is 9.67. The van der Waals surface area contributed by atoms with Crippen LogP contribution in [-0.4, -0.2) is 21.5 Å². The molecule has 0 unspecified atom stereocenters. The Balaban J connectivity index is 2.13. The van der Waals surface area contributed by atoms with E-state index in [2.05, 4.69) is 25.9 Å². The van der Waals surface area contributed by atoms with Gasteiger partial charge in [0.15, 0.2) is 5.65 Å². The molecule has 0 bridgehead atoms. The van der Waals surface area contributed by atoms with E-state index in [-0.39, 0.29) is 0 Å². The molecule has 0 spiro atoms. The molecular weight excluding hydrogens is 294 g/mol. The van der Waals surface area contributed by atoms with Crippen LogP contribution in [0.4, 0.5) is 0 Å². The Bertz CT molecular complexity index is 708. The van der Waals surface area contributed by atoms with Crippen molar-refractivity contribution in [3.63, 3.8) is 0 Å². The Morgan fingerprint density at radius 3 is 3.00 bits per heavy atom. The molecule has 0 saturated heterocycles. The van der Waals surface area contributed by atoms with Crippen molar-refractivity contribution in [2.24, 2.45) is 0 Å². The highest BCUT2D eigenvalue weighted by Crippen LogP contribution is 2.23. The SMILES string of the molecule is COc1cccc(-c2cn3cc(Br)ncc3n2)c1. The first-order valence-electron chi connectivity index (χ1n) is 5.41. The first-order chi connectivity index (χ1) is 8.76. The number of fused-ring (bicyclic) bond motifs is 1. The summed E-state index contributed by atoms with van der Waals surface area (Å²) in [4.78, 5) is 8.68. The molecule has 3 rings (SSSR count). The van der Waals surface area contributed by atoms with Crippen LogP contribution in [0.1, 0.15) is 0 Å². The number of halogens is 1. The number of aromatic nitrogens is 3. The molecule has 18 heavy (non-hydrogen) atoms. The van der Waals surface area contributed by atoms with Crippen molar-refractivity contribution in [1.82, 2.24) is 14.4 Å². The summed E-state index contributed by atoms with van der Waals surface area (Å²) in [5.74, 6) is 0.823. The Labute approximate surface area is 112 Å². The molecule has 5 heteroatoms. The van der Waals surface area contributed by atoms with Crippen LogP contribution in [0.5, 0.6) is 5.75 Å². The van der Waals surface area contributed by atoms with Gasteiger partial charge in [-0.15, -0.1) is 0 Å². The van der Waals surface area contributed by atoms with Gasteiger partial charge >= 0.3 is 0 Å². The van der Waals surface area contributed by atoms with Crippen LogP contribution < -0.4 is 4.74 Å². The average Bonchev–Trinajstić information content (AvgIpc) is 2.81. The fourth-order valence-electron chi connectivity index (χ4n) is 1.80. The van der Waals surface area contributed by atoms with Gasteiger partial charge < -0.3 is 9.14 Å². The molecule has 90 valence electrons. The van der Waals surface area contributed by atoms with E-state index >= 15 is 0 Å². The van der Waals surface area contributed by atoms with Gasteiger partial charge in [-0.3, -0.25) is 0 Å². The maximum Gasteiger partial charge on any atom is 0.156 e. The molecule has 0 amide bonds. The van der Waals surface area contributed by atoms with Gasteiger partial charge in [-0.25, -0.2) is 9.97 Å². The smallest absolute Gasteiger partial charge is 0.156 e. The third-order valence-electron chi connectivity index (χ3n) is 2.68. The van der Waals surface area contributed by atoms with E-state index in [9.17, 15) is 0 Å². The van der Waals surface area contributed by atoms with Crippen molar-refractivity contribution in [1.29, 1.82) is 0 Å². The quantitative estimate of drug-likeness (QED) is 0.730. The first kappa shape index (κ1) is 11.2. The second kappa shape index (κ2) is 4.42. The summed E-state index contributed by atoms with van der Waals surface area (Å²) in [5, 5.41) is 0. The predicted octanol–water partition coefficient (Wildman–Crippen LogP) is 3.17. The standard InChI is InChI=1S/C13H10BrN3O/c1-18-10-4-2-3-9(5-10)11-7-17-8-12(14)15-6-13(17)16-11/h2-8H,1H3. The van der Waals surface area contributed by atoms with Gasteiger partial charge in [-0.2, -0.15) is 0 Å². The van der Waals surface area contributed by atoms with Gasteiger partial charge in [0.2, 0.25) is 0 Å². The lowest BCUT2D eigenvalue weighted by Gasteiger charge is -2.00. The fourth-order valence-corrected chi connectivity index (χ4v) is 2.12. The Hall–Kier alpha value is -1.88. The van der Waals surface area contributed by atoms with Crippen LogP contribution in [0, 0.1) is 0 Å². The monoisotopic (exact) mass is 303 g/mol. The average molecular weight is 304 g/mol. The number of nitrogens with zero attached hydrogens (tertiary/aromatic N) is 3. The van der Waals surface area contributed by atoms with Gasteiger partial charge in [0.1, 0.15) is 10.4 Å². The Morgan fingerprint density at radius 2 is 2.17 bits per heavy atom. The summed E-state index contributed by atoms with van der Waals surface area (Å²) >= 11 is 3.34. The summed E-state index contributed by atoms with van der Waals surface area (Å²) in [6.45, 7) is 0. The molecule has 0 atom stereocenters. The van der Waals surface area contributed by atoms with Gasteiger partial charge in [0.05, 0.1) is 19.0 Å². The third-order valence-corrected chi connectivity index (χ3v) is 3.08. The van der Waals surface area contributed by atoms with Crippen molar-refractivity contribution in [2.45, 2.75) is 0 Å². The number of imidazole rings is 1. The molecule has 0 aliphatic rings. The van der Waals surface area contributed by atoms with E-state index in [4.69, 9.17) is 4.74 Å². The van der Waals surface area contributed by atoms with Gasteiger partial charge in [-0.1, -0.05) is 12.1 Å². The minimum atomic E-state index is 0.782. The zero-order chi connectivity index (χ0) is 12.5. The molecular formula is C13H10BrN3O. The van der Waals surface area contributed by atoms with Crippen LogP contribution in [0.3, 0.4) is 0 Å². The van der Waals surface area contributed by atoms with Crippen LogP contribution in [0.15, 0.2) is 47.5 Å². The molecule has 0 aliphatic carbocycles. The minimum Gasteiger partial charge on any atom is -0.497 e. The molecule has 0 radical (unpaired) electrons. The zero-order valence-corrected chi connectivity index (χ0v) is 11.3. The van der Waals surface area contributed by atoms with E-state index in [0.29, 0.717) is 0 Å². The van der Waals surface area contributed by atoms with Gasteiger partial charge in [0.25, 0.3) is 0 Å². The Kier molecular flexibility index (Phi) is 2.76. The molecule has 0 N–H and O–H groups in total. The second-order valence-electron chi connectivity index (χ2n) is 3.83. The lowest BCUT2D eigenvalue weighted by atomic mass is 10.1. The number of hydrogen-bond acceptors (Lipinski definition) is 3. The molecule has 2 heterocycles. The normalized spacial score (nSPS) is 10.8. The molecule has 0 fully saturated rings. The summed E-state index contributed by atoms with van der Waals surface area (Å²) in [7, 11) is 1.66. The summed E-state index contributed by atoms with van der Waals surface area (Å²) in [6.07, 6.45) is 5.58. The second-order valence-corrected chi connectivity index (χ2v) is 4.65. The van der Waals surface area contributed by atoms with E-state index in [0.717, 1.165) is 27.3 Å². The number of ether oxygens (including phenoxy) is 1. The van der Waals surface area contributed by atoms with Crippen molar-refractivity contribution < 1.29 is 4.74 Å². The van der Waals surface area contributed by atoms with Crippen LogP contribution in [0.2, 0.25) is 0 Å². The molecule has 1 aromatic carbocycles. The topological polar surface area (TPSA) is 39.4 Å². The maximum atomic E-state index is 5.22. The lowest BCUT2D eigenvalue weighted by molar-refractivity contribution is 0.415. The summed E-state index contributed by atoms with van der Waals surface area (Å²) < 4.78 is 7.93. The number of rotatable bonds is 2. The fraction of sp³-hybridized carbons (Fsp3) is 0.0769. The molecule has 2 aromatic heterocycles. The predicted molar refractivity (Wildman–Crippen MR) is 72.7 cm³/mol. The van der Waals surface area contributed by atoms with E-state index in [1.807, 2.05) is 41.1 Å². The highest BCUT2D eigenvalue weighted by Gasteiger charge is 2.05. The van der Waals surface area contributed by atoms with Gasteiger partial charge in [0, 0.05) is 18.0 Å². The van der Waals surface area contributed by atoms with Crippen molar-refractivity contribution in [3.8, 4) is 17.0 Å². The van der Waals surface area contributed by atoms with Crippen LogP contribution in [0.25, 0.3) is 16.9 Å². The highest BCUT2D eigenvalue weighted by atomic mass is 79.9. The molecule has 4 nitrogen and oxygen atoms in total. The number of methoxy groups -OCH3 is 1. The molecule has 0 saturated carbocycles. The minimum absolute atomic E-state index is 0.782. The number of benzene rings is 1. The van der Waals surface area contributed by atoms with Crippen LogP contribution in [-0.2, 0) is 0 Å². The van der Waals surface area contributed by atoms with Gasteiger partial charge in [-0.05, 0) is 28.1 Å². The highest BCUT2D eigenvalue weighted by molar-refractivity contribution is 9.10. The van der Waals surface area contributed by atoms with Crippen molar-refractivity contribution in [2.75, 3.05) is 7.11 Å². The van der Waals surface area contributed by atoms with Crippen molar-refractivity contribution >= 4 is 21.6 Å². The number of hydrogen-bond donors (Lipinski definition) is 0. The first-order valence-corrected chi connectivity index (χ1v) is 6.20. The molecule has 3 aromatic rings. The largest absolute Gasteiger partial charge is 0.497 e. The summed E-state index contributed by atoms with van der Waals surface area (Å²) in [5.41, 5.74) is 2.74.